The van der Waals surface area contributed by atoms with Crippen LogP contribution in [0.15, 0.2) is 53.6 Å². The van der Waals surface area contributed by atoms with Crippen molar-refractivity contribution in [1.29, 1.82) is 0 Å². The number of hydrazone groups is 1. The Hall–Kier alpha value is -2.60. The van der Waals surface area contributed by atoms with Crippen LogP contribution in [0.3, 0.4) is 0 Å². The molecule has 2 aromatic carbocycles. The van der Waals surface area contributed by atoms with Crippen LogP contribution in [0.1, 0.15) is 24.9 Å². The fraction of sp³-hybridized carbons (Fsp3) is 0.300. The Bertz CT molecular complexity index is 857. The minimum atomic E-state index is -0.305. The lowest BCUT2D eigenvalue weighted by Crippen LogP contribution is -2.64. The third kappa shape index (κ3) is 3.49. The van der Waals surface area contributed by atoms with Crippen molar-refractivity contribution >= 4 is 23.8 Å². The molecule has 2 aliphatic rings. The Morgan fingerprint density at radius 1 is 1.19 bits per heavy atom. The van der Waals surface area contributed by atoms with Gasteiger partial charge in [0.25, 0.3) is 0 Å². The van der Waals surface area contributed by atoms with E-state index in [2.05, 4.69) is 5.10 Å². The van der Waals surface area contributed by atoms with E-state index in [-0.39, 0.29) is 30.0 Å². The molecule has 2 heterocycles. The van der Waals surface area contributed by atoms with Gasteiger partial charge in [0.2, 0.25) is 0 Å². The lowest BCUT2D eigenvalue weighted by Gasteiger charge is -2.46. The number of amides is 2. The number of rotatable bonds is 3. The predicted molar refractivity (Wildman–Crippen MR) is 102 cm³/mol. The highest BCUT2D eigenvalue weighted by Gasteiger charge is 2.44. The zero-order chi connectivity index (χ0) is 19.0. The van der Waals surface area contributed by atoms with Crippen molar-refractivity contribution in [1.82, 2.24) is 9.91 Å². The molecule has 7 heteroatoms. The molecule has 0 aromatic heterocycles. The number of likely N-dealkylation sites (tertiary alicyclic amines) is 1. The largest absolute Gasteiger partial charge is 0.486 e. The van der Waals surface area contributed by atoms with Gasteiger partial charge < -0.3 is 9.64 Å². The standard InChI is InChI=1S/C20H19ClFN3O2/c1-13-19(27-17-8-6-16(22)7-9-17)12-24(13)20(26)25-18(10-11-23-25)14-2-4-15(21)5-3-14/h2-9,11,13,18-19H,10,12H2,1H3/t13-,18-,19-/m0/s1. The van der Waals surface area contributed by atoms with Crippen molar-refractivity contribution in [2.45, 2.75) is 31.5 Å². The molecule has 0 radical (unpaired) electrons. The van der Waals surface area contributed by atoms with E-state index in [0.29, 0.717) is 23.7 Å². The topological polar surface area (TPSA) is 45.1 Å². The molecule has 140 valence electrons. The first-order valence-corrected chi connectivity index (χ1v) is 9.20. The van der Waals surface area contributed by atoms with E-state index in [0.717, 1.165) is 5.56 Å². The maximum Gasteiger partial charge on any atom is 0.341 e. The van der Waals surface area contributed by atoms with Crippen molar-refractivity contribution in [3.8, 4) is 5.75 Å². The first kappa shape index (κ1) is 17.8. The van der Waals surface area contributed by atoms with E-state index in [4.69, 9.17) is 16.3 Å². The van der Waals surface area contributed by atoms with Gasteiger partial charge in [-0.15, -0.1) is 0 Å². The molecule has 3 atom stereocenters. The van der Waals surface area contributed by atoms with Gasteiger partial charge in [0.05, 0.1) is 18.6 Å². The third-order valence-electron chi connectivity index (χ3n) is 5.03. The summed E-state index contributed by atoms with van der Waals surface area (Å²) in [7, 11) is 0. The van der Waals surface area contributed by atoms with Crippen molar-refractivity contribution in [2.75, 3.05) is 6.54 Å². The molecule has 0 unspecified atom stereocenters. The van der Waals surface area contributed by atoms with Crippen LogP contribution in [0.25, 0.3) is 0 Å². The molecule has 1 saturated heterocycles. The molecule has 0 N–H and O–H groups in total. The molecule has 2 aromatic rings. The van der Waals surface area contributed by atoms with Crippen molar-refractivity contribution in [2.24, 2.45) is 5.10 Å². The van der Waals surface area contributed by atoms with Crippen LogP contribution in [-0.4, -0.2) is 40.8 Å². The van der Waals surface area contributed by atoms with Crippen molar-refractivity contribution in [3.63, 3.8) is 0 Å². The smallest absolute Gasteiger partial charge is 0.341 e. The Morgan fingerprint density at radius 2 is 1.89 bits per heavy atom. The molecule has 4 rings (SSSR count). The van der Waals surface area contributed by atoms with Gasteiger partial charge in [-0.3, -0.25) is 0 Å². The minimum Gasteiger partial charge on any atom is -0.486 e. The Kier molecular flexibility index (Phi) is 4.74. The van der Waals surface area contributed by atoms with Crippen LogP contribution in [0.2, 0.25) is 5.02 Å². The number of ether oxygens (including phenoxy) is 1. The van der Waals surface area contributed by atoms with Gasteiger partial charge in [-0.05, 0) is 48.9 Å². The molecular weight excluding hydrogens is 369 g/mol. The van der Waals surface area contributed by atoms with Crippen LogP contribution in [-0.2, 0) is 0 Å². The van der Waals surface area contributed by atoms with Gasteiger partial charge in [-0.1, -0.05) is 23.7 Å². The van der Waals surface area contributed by atoms with Crippen LogP contribution in [0, 0.1) is 5.82 Å². The lowest BCUT2D eigenvalue weighted by molar-refractivity contribution is -0.0197. The summed E-state index contributed by atoms with van der Waals surface area (Å²) >= 11 is 5.95. The average Bonchev–Trinajstić information content (AvgIpc) is 3.16. The summed E-state index contributed by atoms with van der Waals surface area (Å²) in [6.45, 7) is 2.41. The highest BCUT2D eigenvalue weighted by atomic mass is 35.5. The minimum absolute atomic E-state index is 0.0933. The molecule has 2 aliphatic heterocycles. The van der Waals surface area contributed by atoms with Gasteiger partial charge >= 0.3 is 6.03 Å². The van der Waals surface area contributed by atoms with E-state index in [9.17, 15) is 9.18 Å². The Balaban J connectivity index is 1.40. The van der Waals surface area contributed by atoms with E-state index in [1.807, 2.05) is 31.2 Å². The second kappa shape index (κ2) is 7.19. The van der Waals surface area contributed by atoms with Crippen LogP contribution in [0.4, 0.5) is 9.18 Å². The van der Waals surface area contributed by atoms with E-state index < -0.39 is 0 Å². The maximum atomic E-state index is 13.0. The van der Waals surface area contributed by atoms with Gasteiger partial charge in [0.1, 0.15) is 17.7 Å². The molecular formula is C20H19ClFN3O2. The summed E-state index contributed by atoms with van der Waals surface area (Å²) in [4.78, 5) is 14.7. The lowest BCUT2D eigenvalue weighted by atomic mass is 10.0. The molecule has 0 saturated carbocycles. The number of carbonyl (C=O) groups is 1. The summed E-state index contributed by atoms with van der Waals surface area (Å²) in [5, 5.41) is 6.46. The van der Waals surface area contributed by atoms with Gasteiger partial charge in [0, 0.05) is 17.7 Å². The third-order valence-corrected chi connectivity index (χ3v) is 5.29. The zero-order valence-corrected chi connectivity index (χ0v) is 15.5. The van der Waals surface area contributed by atoms with Crippen molar-refractivity contribution in [3.05, 3.63) is 64.9 Å². The first-order chi connectivity index (χ1) is 13.0. The number of nitrogens with zero attached hydrogens (tertiary/aromatic N) is 3. The summed E-state index contributed by atoms with van der Waals surface area (Å²) in [6.07, 6.45) is 2.30. The number of hydrogen-bond acceptors (Lipinski definition) is 3. The van der Waals surface area contributed by atoms with Crippen LogP contribution >= 0.6 is 11.6 Å². The highest BCUT2D eigenvalue weighted by molar-refractivity contribution is 6.30. The molecule has 1 fully saturated rings. The molecule has 2 amide bonds. The average molecular weight is 388 g/mol. The predicted octanol–water partition coefficient (Wildman–Crippen LogP) is 4.48. The van der Waals surface area contributed by atoms with Gasteiger partial charge in [-0.2, -0.15) is 5.10 Å². The van der Waals surface area contributed by atoms with Crippen LogP contribution < -0.4 is 4.74 Å². The number of hydrogen-bond donors (Lipinski definition) is 0. The Morgan fingerprint density at radius 3 is 2.56 bits per heavy atom. The monoisotopic (exact) mass is 387 g/mol. The van der Waals surface area contributed by atoms with E-state index >= 15 is 0 Å². The second-order valence-electron chi connectivity index (χ2n) is 6.73. The fourth-order valence-corrected chi connectivity index (χ4v) is 3.47. The van der Waals surface area contributed by atoms with Gasteiger partial charge in [-0.25, -0.2) is 14.2 Å². The SMILES string of the molecule is C[C@H]1[C@@H](Oc2ccc(F)cc2)CN1C(=O)N1N=CC[C@H]1c1ccc(Cl)cc1. The van der Waals surface area contributed by atoms with Crippen LogP contribution in [0.5, 0.6) is 5.75 Å². The van der Waals surface area contributed by atoms with Crippen molar-refractivity contribution < 1.29 is 13.9 Å². The highest BCUT2D eigenvalue weighted by Crippen LogP contribution is 2.33. The fourth-order valence-electron chi connectivity index (χ4n) is 3.34. The summed E-state index contributed by atoms with van der Waals surface area (Å²) in [5.74, 6) is 0.291. The molecule has 0 spiro atoms. The Labute approximate surface area is 162 Å². The number of halogens is 2. The summed E-state index contributed by atoms with van der Waals surface area (Å²) in [5.41, 5.74) is 0.998. The molecule has 5 nitrogen and oxygen atoms in total. The number of urea groups is 1. The normalized spacial score (nSPS) is 24.0. The summed E-state index contributed by atoms with van der Waals surface area (Å²) < 4.78 is 18.9. The molecule has 0 bridgehead atoms. The number of benzene rings is 2. The number of carbonyl (C=O) groups excluding carboxylic acids is 1. The molecule has 0 aliphatic carbocycles. The molecule has 27 heavy (non-hydrogen) atoms. The van der Waals surface area contributed by atoms with Gasteiger partial charge in [0.15, 0.2) is 0 Å². The second-order valence-corrected chi connectivity index (χ2v) is 7.17. The summed E-state index contributed by atoms with van der Waals surface area (Å²) in [6, 6.07) is 13.0. The maximum absolute atomic E-state index is 13.0. The zero-order valence-electron chi connectivity index (χ0n) is 14.8. The van der Waals surface area contributed by atoms with E-state index in [1.54, 1.807) is 23.2 Å². The van der Waals surface area contributed by atoms with E-state index in [1.165, 1.54) is 17.1 Å². The first-order valence-electron chi connectivity index (χ1n) is 8.83. The quantitative estimate of drug-likeness (QED) is 0.779.